The summed E-state index contributed by atoms with van der Waals surface area (Å²) in [6, 6.07) is 19.7. The molecule has 0 radical (unpaired) electrons. The lowest BCUT2D eigenvalue weighted by Crippen LogP contribution is -2.42. The maximum Gasteiger partial charge on any atom is 0.264 e. The summed E-state index contributed by atoms with van der Waals surface area (Å²) < 4.78 is 28.4. The number of sulfonamides is 1. The monoisotopic (exact) mass is 464 g/mol. The molecule has 0 aliphatic carbocycles. The Morgan fingerprint density at radius 3 is 2.21 bits per heavy atom. The third-order valence-corrected chi connectivity index (χ3v) is 7.91. The van der Waals surface area contributed by atoms with E-state index in [4.69, 9.17) is 0 Å². The number of anilines is 1. The Morgan fingerprint density at radius 2 is 1.58 bits per heavy atom. The van der Waals surface area contributed by atoms with E-state index in [0.717, 1.165) is 22.3 Å². The first kappa shape index (κ1) is 24.5. The molecule has 0 aromatic heterocycles. The van der Waals surface area contributed by atoms with E-state index in [1.807, 2.05) is 52.0 Å². The van der Waals surface area contributed by atoms with Gasteiger partial charge in [-0.1, -0.05) is 55.5 Å². The number of hydrogen-bond acceptors (Lipinski definition) is 3. The molecule has 0 heterocycles. The average Bonchev–Trinajstić information content (AvgIpc) is 2.80. The van der Waals surface area contributed by atoms with Gasteiger partial charge in [-0.25, -0.2) is 8.42 Å². The minimum atomic E-state index is -3.94. The van der Waals surface area contributed by atoms with E-state index in [9.17, 15) is 13.2 Å². The van der Waals surface area contributed by atoms with Crippen LogP contribution in [0.25, 0.3) is 0 Å². The number of aryl methyl sites for hydroxylation is 3. The van der Waals surface area contributed by atoms with Crippen molar-refractivity contribution >= 4 is 21.6 Å². The molecule has 0 saturated heterocycles. The number of rotatable bonds is 8. The first-order chi connectivity index (χ1) is 15.6. The van der Waals surface area contributed by atoms with Crippen molar-refractivity contribution in [3.8, 4) is 0 Å². The molecule has 3 rings (SSSR count). The Labute approximate surface area is 197 Å². The van der Waals surface area contributed by atoms with Crippen LogP contribution in [0.2, 0.25) is 0 Å². The number of hydrogen-bond donors (Lipinski definition) is 1. The smallest absolute Gasteiger partial charge is 0.264 e. The lowest BCUT2D eigenvalue weighted by molar-refractivity contribution is -0.120. The Morgan fingerprint density at radius 1 is 0.879 bits per heavy atom. The van der Waals surface area contributed by atoms with Crippen molar-refractivity contribution in [1.29, 1.82) is 0 Å². The normalized spacial score (nSPS) is 12.3. The molecule has 0 aliphatic heterocycles. The predicted molar refractivity (Wildman–Crippen MR) is 134 cm³/mol. The molecule has 174 valence electrons. The van der Waals surface area contributed by atoms with E-state index in [0.29, 0.717) is 12.1 Å². The van der Waals surface area contributed by atoms with Crippen molar-refractivity contribution in [2.75, 3.05) is 10.8 Å². The highest BCUT2D eigenvalue weighted by atomic mass is 32.2. The fraction of sp³-hybridized carbons (Fsp3) is 0.296. The van der Waals surface area contributed by atoms with Crippen LogP contribution >= 0.6 is 0 Å². The molecular formula is C27H32N2O3S. The summed E-state index contributed by atoms with van der Waals surface area (Å²) in [5.41, 5.74) is 5.65. The third-order valence-electron chi connectivity index (χ3n) is 6.14. The van der Waals surface area contributed by atoms with E-state index in [-0.39, 0.29) is 23.4 Å². The van der Waals surface area contributed by atoms with Gasteiger partial charge in [0.05, 0.1) is 16.6 Å². The highest BCUT2D eigenvalue weighted by Gasteiger charge is 2.29. The highest BCUT2D eigenvalue weighted by molar-refractivity contribution is 7.92. The van der Waals surface area contributed by atoms with Gasteiger partial charge in [-0.3, -0.25) is 9.10 Å². The fourth-order valence-corrected chi connectivity index (χ4v) is 5.30. The molecule has 3 aromatic rings. The molecule has 0 aliphatic rings. The standard InChI is InChI=1S/C27H32N2O3S/c1-6-25(23-16-15-19(2)21(4)17-23)28-27(30)18-29(26-14-10-11-20(3)22(26)5)33(31,32)24-12-8-7-9-13-24/h7-17,25H,6,18H2,1-5H3,(H,28,30). The number of nitrogens with zero attached hydrogens (tertiary/aromatic N) is 1. The van der Waals surface area contributed by atoms with Gasteiger partial charge < -0.3 is 5.32 Å². The van der Waals surface area contributed by atoms with Gasteiger partial charge in [0.1, 0.15) is 6.54 Å². The van der Waals surface area contributed by atoms with Crippen LogP contribution in [0, 0.1) is 27.7 Å². The molecule has 0 bridgehead atoms. The van der Waals surface area contributed by atoms with Crippen molar-refractivity contribution in [2.45, 2.75) is 52.0 Å². The number of carbonyl (C=O) groups is 1. The van der Waals surface area contributed by atoms with Gasteiger partial charge in [-0.15, -0.1) is 0 Å². The van der Waals surface area contributed by atoms with Gasteiger partial charge in [0.2, 0.25) is 5.91 Å². The van der Waals surface area contributed by atoms with Gasteiger partial charge in [0.15, 0.2) is 0 Å². The van der Waals surface area contributed by atoms with Crippen LogP contribution in [0.1, 0.15) is 47.2 Å². The number of carbonyl (C=O) groups excluding carboxylic acids is 1. The van der Waals surface area contributed by atoms with Crippen LogP contribution in [0.15, 0.2) is 71.6 Å². The maximum atomic E-state index is 13.6. The SMILES string of the molecule is CCC(NC(=O)CN(c1cccc(C)c1C)S(=O)(=O)c1ccccc1)c1ccc(C)c(C)c1. The zero-order chi connectivity index (χ0) is 24.2. The summed E-state index contributed by atoms with van der Waals surface area (Å²) in [4.78, 5) is 13.3. The minimum Gasteiger partial charge on any atom is -0.348 e. The second kappa shape index (κ2) is 10.2. The van der Waals surface area contributed by atoms with Crippen LogP contribution < -0.4 is 9.62 Å². The molecule has 3 aromatic carbocycles. The molecule has 1 unspecified atom stereocenters. The quantitative estimate of drug-likeness (QED) is 0.486. The van der Waals surface area contributed by atoms with Crippen molar-refractivity contribution in [2.24, 2.45) is 0 Å². The number of nitrogens with one attached hydrogen (secondary N) is 1. The summed E-state index contributed by atoms with van der Waals surface area (Å²) in [7, 11) is -3.94. The van der Waals surface area contributed by atoms with Crippen molar-refractivity contribution in [3.63, 3.8) is 0 Å². The molecule has 6 heteroatoms. The molecule has 0 fully saturated rings. The molecular weight excluding hydrogens is 432 g/mol. The second-order valence-corrected chi connectivity index (χ2v) is 10.3. The molecule has 5 nitrogen and oxygen atoms in total. The maximum absolute atomic E-state index is 13.6. The molecule has 0 spiro atoms. The van der Waals surface area contributed by atoms with Crippen molar-refractivity contribution < 1.29 is 13.2 Å². The molecule has 33 heavy (non-hydrogen) atoms. The van der Waals surface area contributed by atoms with Gasteiger partial charge >= 0.3 is 0 Å². The number of amides is 1. The van der Waals surface area contributed by atoms with Crippen molar-refractivity contribution in [3.05, 3.63) is 94.5 Å². The lowest BCUT2D eigenvalue weighted by atomic mass is 9.99. The molecule has 0 saturated carbocycles. The zero-order valence-corrected chi connectivity index (χ0v) is 20.7. The first-order valence-corrected chi connectivity index (χ1v) is 12.6. The summed E-state index contributed by atoms with van der Waals surface area (Å²) in [5.74, 6) is -0.347. The van der Waals surface area contributed by atoms with E-state index in [2.05, 4.69) is 18.3 Å². The zero-order valence-electron chi connectivity index (χ0n) is 19.9. The fourth-order valence-electron chi connectivity index (χ4n) is 3.80. The van der Waals surface area contributed by atoms with Crippen LogP contribution in [0.3, 0.4) is 0 Å². The number of benzene rings is 3. The van der Waals surface area contributed by atoms with Gasteiger partial charge in [-0.2, -0.15) is 0 Å². The first-order valence-electron chi connectivity index (χ1n) is 11.2. The van der Waals surface area contributed by atoms with E-state index in [1.54, 1.807) is 36.4 Å². The van der Waals surface area contributed by atoms with Gasteiger partial charge in [0.25, 0.3) is 10.0 Å². The van der Waals surface area contributed by atoms with Gasteiger partial charge in [-0.05, 0) is 80.1 Å². The Bertz CT molecular complexity index is 1240. The summed E-state index contributed by atoms with van der Waals surface area (Å²) in [5, 5.41) is 3.04. The summed E-state index contributed by atoms with van der Waals surface area (Å²) >= 11 is 0. The van der Waals surface area contributed by atoms with Crippen LogP contribution in [-0.2, 0) is 14.8 Å². The second-order valence-electron chi connectivity index (χ2n) is 8.42. The van der Waals surface area contributed by atoms with Gasteiger partial charge in [0, 0.05) is 0 Å². The minimum absolute atomic E-state index is 0.153. The average molecular weight is 465 g/mol. The van der Waals surface area contributed by atoms with E-state index >= 15 is 0 Å². The van der Waals surface area contributed by atoms with Crippen LogP contribution in [-0.4, -0.2) is 20.9 Å². The van der Waals surface area contributed by atoms with E-state index < -0.39 is 10.0 Å². The summed E-state index contributed by atoms with van der Waals surface area (Å²) in [6.07, 6.45) is 0.698. The van der Waals surface area contributed by atoms with Crippen LogP contribution in [0.5, 0.6) is 0 Å². The molecule has 1 atom stereocenters. The van der Waals surface area contributed by atoms with E-state index in [1.165, 1.54) is 9.87 Å². The predicted octanol–water partition coefficient (Wildman–Crippen LogP) is 5.38. The molecule has 1 N–H and O–H groups in total. The Balaban J connectivity index is 1.95. The topological polar surface area (TPSA) is 66.5 Å². The van der Waals surface area contributed by atoms with Crippen molar-refractivity contribution in [1.82, 2.24) is 5.32 Å². The lowest BCUT2D eigenvalue weighted by Gasteiger charge is -2.27. The highest BCUT2D eigenvalue weighted by Crippen LogP contribution is 2.29. The Hall–Kier alpha value is -3.12. The van der Waals surface area contributed by atoms with Crippen LogP contribution in [0.4, 0.5) is 5.69 Å². The third kappa shape index (κ3) is 5.45. The molecule has 1 amide bonds. The Kier molecular flexibility index (Phi) is 7.59. The largest absolute Gasteiger partial charge is 0.348 e. The summed E-state index contributed by atoms with van der Waals surface area (Å²) in [6.45, 7) is 9.60.